The third-order valence-corrected chi connectivity index (χ3v) is 4.05. The number of aromatic amines is 1. The number of fused-ring (bicyclic) bond motifs is 1. The quantitative estimate of drug-likeness (QED) is 0.652. The summed E-state index contributed by atoms with van der Waals surface area (Å²) < 4.78 is 13.0. The molecule has 1 heterocycles. The van der Waals surface area contributed by atoms with E-state index >= 15 is 0 Å². The van der Waals surface area contributed by atoms with E-state index in [9.17, 15) is 14.3 Å². The van der Waals surface area contributed by atoms with Crippen LogP contribution in [0.15, 0.2) is 54.6 Å². The fourth-order valence-corrected chi connectivity index (χ4v) is 2.75. The van der Waals surface area contributed by atoms with Crippen molar-refractivity contribution in [2.24, 2.45) is 0 Å². The van der Waals surface area contributed by atoms with E-state index in [0.29, 0.717) is 18.5 Å². The molecule has 0 fully saturated rings. The monoisotopic (exact) mass is 326 g/mol. The minimum absolute atomic E-state index is 0.264. The zero-order valence-electron chi connectivity index (χ0n) is 13.1. The van der Waals surface area contributed by atoms with E-state index in [1.54, 1.807) is 0 Å². The summed E-state index contributed by atoms with van der Waals surface area (Å²) >= 11 is 0. The first kappa shape index (κ1) is 16.2. The number of H-pyrrole nitrogens is 1. The van der Waals surface area contributed by atoms with Crippen LogP contribution in [0.2, 0.25) is 0 Å². The second-order valence-corrected chi connectivity index (χ2v) is 5.71. The molecule has 1 aromatic heterocycles. The Labute approximate surface area is 139 Å². The summed E-state index contributed by atoms with van der Waals surface area (Å²) in [6, 6.07) is 15.7. The first-order valence-electron chi connectivity index (χ1n) is 7.88. The molecule has 3 rings (SSSR count). The SMILES string of the molecule is O=C(NCCc1cc2ccccc2[nH]1)[C@H](CO)c1ccc(F)cc1. The fraction of sp³-hybridized carbons (Fsp3) is 0.211. The number of aromatic nitrogens is 1. The molecule has 124 valence electrons. The molecule has 0 radical (unpaired) electrons. The Bertz CT molecular complexity index is 794. The Morgan fingerprint density at radius 3 is 2.62 bits per heavy atom. The fourth-order valence-electron chi connectivity index (χ4n) is 2.75. The van der Waals surface area contributed by atoms with Crippen molar-refractivity contribution in [3.05, 3.63) is 71.7 Å². The van der Waals surface area contributed by atoms with Gasteiger partial charge >= 0.3 is 0 Å². The summed E-state index contributed by atoms with van der Waals surface area (Å²) in [7, 11) is 0. The van der Waals surface area contributed by atoms with Crippen LogP contribution in [0.3, 0.4) is 0 Å². The Kier molecular flexibility index (Phi) is 4.91. The highest BCUT2D eigenvalue weighted by molar-refractivity contribution is 5.84. The third-order valence-electron chi connectivity index (χ3n) is 4.05. The highest BCUT2D eigenvalue weighted by Gasteiger charge is 2.19. The number of para-hydroxylation sites is 1. The average Bonchev–Trinajstić information content (AvgIpc) is 3.00. The highest BCUT2D eigenvalue weighted by atomic mass is 19.1. The second kappa shape index (κ2) is 7.27. The Morgan fingerprint density at radius 2 is 1.92 bits per heavy atom. The number of halogens is 1. The molecular formula is C19H19FN2O2. The lowest BCUT2D eigenvalue weighted by atomic mass is 9.99. The number of aliphatic hydroxyl groups is 1. The van der Waals surface area contributed by atoms with Gasteiger partial charge in [0.1, 0.15) is 5.82 Å². The zero-order chi connectivity index (χ0) is 16.9. The van der Waals surface area contributed by atoms with E-state index in [4.69, 9.17) is 0 Å². The molecule has 0 aliphatic carbocycles. The van der Waals surface area contributed by atoms with Gasteiger partial charge in [-0.3, -0.25) is 4.79 Å². The van der Waals surface area contributed by atoms with Gasteiger partial charge in [0.2, 0.25) is 5.91 Å². The highest BCUT2D eigenvalue weighted by Crippen LogP contribution is 2.17. The molecule has 4 nitrogen and oxygen atoms in total. The molecule has 0 saturated heterocycles. The molecule has 1 atom stereocenters. The van der Waals surface area contributed by atoms with E-state index < -0.39 is 5.92 Å². The van der Waals surface area contributed by atoms with E-state index in [1.807, 2.05) is 24.3 Å². The minimum Gasteiger partial charge on any atom is -0.395 e. The van der Waals surface area contributed by atoms with Crippen molar-refractivity contribution in [3.63, 3.8) is 0 Å². The van der Waals surface area contributed by atoms with Crippen LogP contribution in [0.5, 0.6) is 0 Å². The topological polar surface area (TPSA) is 65.1 Å². The summed E-state index contributed by atoms with van der Waals surface area (Å²) in [6.07, 6.45) is 0.669. The van der Waals surface area contributed by atoms with Gasteiger partial charge in [0.15, 0.2) is 0 Å². The molecule has 3 N–H and O–H groups in total. The van der Waals surface area contributed by atoms with Crippen LogP contribution in [-0.2, 0) is 11.2 Å². The molecule has 3 aromatic rings. The standard InChI is InChI=1S/C19H19FN2O2/c20-15-7-5-13(6-8-15)17(12-23)19(24)21-10-9-16-11-14-3-1-2-4-18(14)22-16/h1-8,11,17,22-23H,9-10,12H2,(H,21,24)/t17-/m1/s1. The molecule has 0 aliphatic heterocycles. The predicted molar refractivity (Wildman–Crippen MR) is 91.2 cm³/mol. The summed E-state index contributed by atoms with van der Waals surface area (Å²) in [5, 5.41) is 13.4. The van der Waals surface area contributed by atoms with Crippen LogP contribution in [0.1, 0.15) is 17.2 Å². The molecular weight excluding hydrogens is 307 g/mol. The lowest BCUT2D eigenvalue weighted by molar-refractivity contribution is -0.123. The van der Waals surface area contributed by atoms with Crippen molar-refractivity contribution < 1.29 is 14.3 Å². The van der Waals surface area contributed by atoms with Crippen molar-refractivity contribution in [2.45, 2.75) is 12.3 Å². The van der Waals surface area contributed by atoms with Gasteiger partial charge in [0, 0.05) is 24.2 Å². The lowest BCUT2D eigenvalue weighted by Crippen LogP contribution is -2.32. The molecule has 2 aromatic carbocycles. The smallest absolute Gasteiger partial charge is 0.229 e. The molecule has 0 bridgehead atoms. The van der Waals surface area contributed by atoms with Crippen LogP contribution in [0.4, 0.5) is 4.39 Å². The number of hydrogen-bond acceptors (Lipinski definition) is 2. The summed E-state index contributed by atoms with van der Waals surface area (Å²) in [5.74, 6) is -1.32. The maximum absolute atomic E-state index is 13.0. The molecule has 0 unspecified atom stereocenters. The molecule has 0 aliphatic rings. The van der Waals surface area contributed by atoms with Gasteiger partial charge in [-0.05, 0) is 35.2 Å². The van der Waals surface area contributed by atoms with Crippen molar-refractivity contribution in [2.75, 3.05) is 13.2 Å². The number of rotatable bonds is 6. The van der Waals surface area contributed by atoms with Crippen molar-refractivity contribution in [1.82, 2.24) is 10.3 Å². The Morgan fingerprint density at radius 1 is 1.17 bits per heavy atom. The van der Waals surface area contributed by atoms with Gasteiger partial charge in [-0.2, -0.15) is 0 Å². The maximum atomic E-state index is 13.0. The molecule has 1 amide bonds. The van der Waals surface area contributed by atoms with E-state index in [1.165, 1.54) is 24.3 Å². The average molecular weight is 326 g/mol. The molecule has 24 heavy (non-hydrogen) atoms. The van der Waals surface area contributed by atoms with Crippen LogP contribution >= 0.6 is 0 Å². The number of carbonyl (C=O) groups is 1. The van der Waals surface area contributed by atoms with Gasteiger partial charge in [0.25, 0.3) is 0 Å². The largest absolute Gasteiger partial charge is 0.395 e. The summed E-state index contributed by atoms with van der Waals surface area (Å²) in [4.78, 5) is 15.6. The number of hydrogen-bond donors (Lipinski definition) is 3. The lowest BCUT2D eigenvalue weighted by Gasteiger charge is -2.14. The van der Waals surface area contributed by atoms with E-state index in [0.717, 1.165) is 16.6 Å². The number of aliphatic hydroxyl groups excluding tert-OH is 1. The number of nitrogens with one attached hydrogen (secondary N) is 2. The van der Waals surface area contributed by atoms with Gasteiger partial charge in [0.05, 0.1) is 12.5 Å². The summed E-state index contributed by atoms with van der Waals surface area (Å²) in [5.41, 5.74) is 2.71. The summed E-state index contributed by atoms with van der Waals surface area (Å²) in [6.45, 7) is 0.146. The Balaban J connectivity index is 1.58. The maximum Gasteiger partial charge on any atom is 0.229 e. The number of amides is 1. The van der Waals surface area contributed by atoms with Crippen molar-refractivity contribution in [3.8, 4) is 0 Å². The first-order valence-corrected chi connectivity index (χ1v) is 7.88. The minimum atomic E-state index is -0.687. The second-order valence-electron chi connectivity index (χ2n) is 5.71. The molecule has 5 heteroatoms. The van der Waals surface area contributed by atoms with Crippen LogP contribution in [-0.4, -0.2) is 29.1 Å². The van der Waals surface area contributed by atoms with Gasteiger partial charge < -0.3 is 15.4 Å². The van der Waals surface area contributed by atoms with Crippen LogP contribution < -0.4 is 5.32 Å². The van der Waals surface area contributed by atoms with Crippen LogP contribution in [0.25, 0.3) is 10.9 Å². The predicted octanol–water partition coefficient (Wildman–Crippen LogP) is 2.74. The van der Waals surface area contributed by atoms with E-state index in [-0.39, 0.29) is 18.3 Å². The van der Waals surface area contributed by atoms with Gasteiger partial charge in [-0.25, -0.2) is 4.39 Å². The van der Waals surface area contributed by atoms with Crippen LogP contribution in [0, 0.1) is 5.82 Å². The van der Waals surface area contributed by atoms with Crippen molar-refractivity contribution in [1.29, 1.82) is 0 Å². The molecule has 0 saturated carbocycles. The van der Waals surface area contributed by atoms with Crippen molar-refractivity contribution >= 4 is 16.8 Å². The third kappa shape index (κ3) is 3.63. The normalized spacial score (nSPS) is 12.2. The van der Waals surface area contributed by atoms with Gasteiger partial charge in [-0.15, -0.1) is 0 Å². The first-order chi connectivity index (χ1) is 11.7. The van der Waals surface area contributed by atoms with E-state index in [2.05, 4.69) is 16.4 Å². The Hall–Kier alpha value is -2.66. The number of carbonyl (C=O) groups excluding carboxylic acids is 1. The zero-order valence-corrected chi connectivity index (χ0v) is 13.1. The number of benzene rings is 2. The van der Waals surface area contributed by atoms with Gasteiger partial charge in [-0.1, -0.05) is 30.3 Å². The molecule has 0 spiro atoms.